The van der Waals surface area contributed by atoms with Crippen molar-refractivity contribution in [3.63, 3.8) is 0 Å². The highest BCUT2D eigenvalue weighted by Gasteiger charge is 2.28. The van der Waals surface area contributed by atoms with E-state index in [1.807, 2.05) is 18.2 Å². The lowest BCUT2D eigenvalue weighted by atomic mass is 9.88. The standard InChI is InChI=1S/C24H21ClN2O2S2/c1-13-7-9-15-20(11-13)31-24(21(15)23-26-17-5-3-4-6-19(17)30-23)27-22(28)16-12-14(25)8-10-18(16)29-2/h3-6,8,10,12-13H,7,9,11H2,1-2H3,(H,27,28). The second-order valence-corrected chi connectivity index (χ2v) is 10.4. The van der Waals surface area contributed by atoms with E-state index in [-0.39, 0.29) is 5.91 Å². The Balaban J connectivity index is 1.60. The van der Waals surface area contributed by atoms with Crippen molar-refractivity contribution in [1.29, 1.82) is 0 Å². The van der Waals surface area contributed by atoms with Gasteiger partial charge in [0.1, 0.15) is 15.8 Å². The number of amides is 1. The topological polar surface area (TPSA) is 51.2 Å². The Bertz CT molecular complexity index is 1260. The van der Waals surface area contributed by atoms with Crippen molar-refractivity contribution in [3.05, 3.63) is 63.5 Å². The number of nitrogens with one attached hydrogen (secondary N) is 1. The van der Waals surface area contributed by atoms with Gasteiger partial charge in [-0.05, 0) is 61.1 Å². The lowest BCUT2D eigenvalue weighted by Crippen LogP contribution is -2.13. The van der Waals surface area contributed by atoms with Gasteiger partial charge in [-0.2, -0.15) is 0 Å². The molecule has 0 aliphatic heterocycles. The summed E-state index contributed by atoms with van der Waals surface area (Å²) in [6, 6.07) is 13.2. The van der Waals surface area contributed by atoms with E-state index < -0.39 is 0 Å². The largest absolute Gasteiger partial charge is 0.496 e. The van der Waals surface area contributed by atoms with Crippen LogP contribution in [0.25, 0.3) is 20.8 Å². The van der Waals surface area contributed by atoms with Crippen LogP contribution >= 0.6 is 34.3 Å². The van der Waals surface area contributed by atoms with Crippen LogP contribution in [-0.4, -0.2) is 18.0 Å². The summed E-state index contributed by atoms with van der Waals surface area (Å²) in [5.74, 6) is 0.915. The maximum absolute atomic E-state index is 13.2. The Morgan fingerprint density at radius 2 is 2.06 bits per heavy atom. The minimum atomic E-state index is -0.228. The molecule has 2 heterocycles. The summed E-state index contributed by atoms with van der Waals surface area (Å²) in [7, 11) is 1.55. The van der Waals surface area contributed by atoms with Gasteiger partial charge in [0.05, 0.1) is 22.9 Å². The van der Waals surface area contributed by atoms with Crippen molar-refractivity contribution < 1.29 is 9.53 Å². The molecule has 1 N–H and O–H groups in total. The number of hydrogen-bond acceptors (Lipinski definition) is 5. The molecule has 1 aliphatic rings. The fourth-order valence-corrected chi connectivity index (χ4v) is 6.76. The third kappa shape index (κ3) is 3.84. The number of thiophene rings is 1. The Hall–Kier alpha value is -2.41. The van der Waals surface area contributed by atoms with Crippen molar-refractivity contribution in [2.24, 2.45) is 5.92 Å². The quantitative estimate of drug-likeness (QED) is 0.348. The molecule has 1 amide bonds. The summed E-state index contributed by atoms with van der Waals surface area (Å²) < 4.78 is 6.53. The second kappa shape index (κ2) is 8.26. The fourth-order valence-electron chi connectivity index (χ4n) is 4.07. The molecule has 2 aromatic heterocycles. The number of thiazole rings is 1. The number of rotatable bonds is 4. The number of benzene rings is 2. The van der Waals surface area contributed by atoms with E-state index in [2.05, 4.69) is 18.3 Å². The van der Waals surface area contributed by atoms with Gasteiger partial charge in [-0.3, -0.25) is 4.79 Å². The normalized spacial score (nSPS) is 15.6. The highest BCUT2D eigenvalue weighted by atomic mass is 35.5. The molecule has 7 heteroatoms. The average molecular weight is 469 g/mol. The van der Waals surface area contributed by atoms with Crippen molar-refractivity contribution >= 4 is 55.4 Å². The Morgan fingerprint density at radius 3 is 2.87 bits per heavy atom. The van der Waals surface area contributed by atoms with Gasteiger partial charge in [-0.1, -0.05) is 30.7 Å². The van der Waals surface area contributed by atoms with Gasteiger partial charge in [0.15, 0.2) is 0 Å². The second-order valence-electron chi connectivity index (χ2n) is 7.84. The Kier molecular flexibility index (Phi) is 5.46. The molecule has 0 spiro atoms. The first-order chi connectivity index (χ1) is 15.0. The van der Waals surface area contributed by atoms with Crippen LogP contribution in [0.3, 0.4) is 0 Å². The first kappa shape index (κ1) is 20.5. The van der Waals surface area contributed by atoms with Crippen LogP contribution in [0.2, 0.25) is 5.02 Å². The van der Waals surface area contributed by atoms with Crippen molar-refractivity contribution in [1.82, 2.24) is 4.98 Å². The van der Waals surface area contributed by atoms with E-state index >= 15 is 0 Å². The van der Waals surface area contributed by atoms with Gasteiger partial charge >= 0.3 is 0 Å². The number of carbonyl (C=O) groups excluding carboxylic acids is 1. The van der Waals surface area contributed by atoms with E-state index in [9.17, 15) is 4.79 Å². The molecular formula is C24H21ClN2O2S2. The molecule has 158 valence electrons. The minimum absolute atomic E-state index is 0.228. The molecule has 5 rings (SSSR count). The molecule has 0 bridgehead atoms. The zero-order valence-corrected chi connectivity index (χ0v) is 19.6. The fraction of sp³-hybridized carbons (Fsp3) is 0.250. The number of aromatic nitrogens is 1. The van der Waals surface area contributed by atoms with Crippen molar-refractivity contribution in [3.8, 4) is 16.3 Å². The highest BCUT2D eigenvalue weighted by molar-refractivity contribution is 7.23. The summed E-state index contributed by atoms with van der Waals surface area (Å²) >= 11 is 9.50. The SMILES string of the molecule is COc1ccc(Cl)cc1C(=O)Nc1sc2c(c1-c1nc3ccccc3s1)CCC(C)C2. The summed E-state index contributed by atoms with van der Waals surface area (Å²) in [6.07, 6.45) is 3.19. The molecule has 2 aromatic carbocycles. The van der Waals surface area contributed by atoms with E-state index in [0.717, 1.165) is 45.1 Å². The first-order valence-electron chi connectivity index (χ1n) is 10.2. The monoisotopic (exact) mass is 468 g/mol. The number of hydrogen-bond donors (Lipinski definition) is 1. The van der Waals surface area contributed by atoms with E-state index in [0.29, 0.717) is 22.3 Å². The highest BCUT2D eigenvalue weighted by Crippen LogP contribution is 2.47. The van der Waals surface area contributed by atoms with Gasteiger partial charge in [0.2, 0.25) is 0 Å². The van der Waals surface area contributed by atoms with Crippen LogP contribution in [0.5, 0.6) is 5.75 Å². The van der Waals surface area contributed by atoms with Crippen LogP contribution in [0.1, 0.15) is 34.1 Å². The molecule has 0 saturated carbocycles. The molecule has 0 radical (unpaired) electrons. The van der Waals surface area contributed by atoms with Gasteiger partial charge < -0.3 is 10.1 Å². The lowest BCUT2D eigenvalue weighted by molar-refractivity contribution is 0.102. The van der Waals surface area contributed by atoms with Crippen LogP contribution in [0.4, 0.5) is 5.00 Å². The van der Waals surface area contributed by atoms with Crippen LogP contribution in [0.15, 0.2) is 42.5 Å². The summed E-state index contributed by atoms with van der Waals surface area (Å²) in [5, 5.41) is 5.46. The number of anilines is 1. The predicted octanol–water partition coefficient (Wildman–Crippen LogP) is 7.06. The number of carbonyl (C=O) groups is 1. The molecule has 1 aliphatic carbocycles. The number of para-hydroxylation sites is 1. The summed E-state index contributed by atoms with van der Waals surface area (Å²) in [5.41, 5.74) is 3.81. The van der Waals surface area contributed by atoms with Crippen LogP contribution < -0.4 is 10.1 Å². The van der Waals surface area contributed by atoms with E-state index in [1.54, 1.807) is 48.0 Å². The van der Waals surface area contributed by atoms with E-state index in [1.165, 1.54) is 10.4 Å². The van der Waals surface area contributed by atoms with Gasteiger partial charge in [-0.25, -0.2) is 4.98 Å². The molecule has 4 aromatic rings. The van der Waals surface area contributed by atoms with Crippen LogP contribution in [-0.2, 0) is 12.8 Å². The third-order valence-electron chi connectivity index (χ3n) is 5.65. The predicted molar refractivity (Wildman–Crippen MR) is 130 cm³/mol. The molecular weight excluding hydrogens is 448 g/mol. The number of fused-ring (bicyclic) bond motifs is 2. The molecule has 1 atom stereocenters. The number of ether oxygens (including phenoxy) is 1. The third-order valence-corrected chi connectivity index (χ3v) is 8.11. The maximum Gasteiger partial charge on any atom is 0.260 e. The molecule has 0 saturated heterocycles. The minimum Gasteiger partial charge on any atom is -0.496 e. The first-order valence-corrected chi connectivity index (χ1v) is 12.2. The smallest absolute Gasteiger partial charge is 0.260 e. The lowest BCUT2D eigenvalue weighted by Gasteiger charge is -2.18. The number of halogens is 1. The molecule has 4 nitrogen and oxygen atoms in total. The number of methoxy groups -OCH3 is 1. The van der Waals surface area contributed by atoms with E-state index in [4.69, 9.17) is 21.3 Å². The van der Waals surface area contributed by atoms with Crippen molar-refractivity contribution in [2.75, 3.05) is 12.4 Å². The van der Waals surface area contributed by atoms with Crippen molar-refractivity contribution in [2.45, 2.75) is 26.2 Å². The molecule has 31 heavy (non-hydrogen) atoms. The molecule has 1 unspecified atom stereocenters. The molecule has 0 fully saturated rings. The summed E-state index contributed by atoms with van der Waals surface area (Å²) in [6.45, 7) is 2.29. The zero-order chi connectivity index (χ0) is 21.5. The zero-order valence-electron chi connectivity index (χ0n) is 17.2. The van der Waals surface area contributed by atoms with Gasteiger partial charge in [-0.15, -0.1) is 22.7 Å². The van der Waals surface area contributed by atoms with Gasteiger partial charge in [0, 0.05) is 15.5 Å². The van der Waals surface area contributed by atoms with Gasteiger partial charge in [0.25, 0.3) is 5.91 Å². The number of nitrogens with zero attached hydrogens (tertiary/aromatic N) is 1. The Morgan fingerprint density at radius 1 is 1.23 bits per heavy atom. The Labute approximate surface area is 193 Å². The maximum atomic E-state index is 13.2. The average Bonchev–Trinajstić information content (AvgIpc) is 3.33. The van der Waals surface area contributed by atoms with Crippen LogP contribution in [0, 0.1) is 5.92 Å². The summed E-state index contributed by atoms with van der Waals surface area (Å²) in [4.78, 5) is 19.5.